The fourth-order valence-electron chi connectivity index (χ4n) is 1.12. The van der Waals surface area contributed by atoms with Crippen molar-refractivity contribution < 1.29 is 12.9 Å². The average Bonchev–Trinajstić information content (AvgIpc) is 2.62. The molecule has 0 aliphatic carbocycles. The Hall–Kier alpha value is -1.60. The van der Waals surface area contributed by atoms with Crippen LogP contribution in [0.1, 0.15) is 5.76 Å². The molecule has 0 saturated heterocycles. The van der Waals surface area contributed by atoms with E-state index in [-0.39, 0.29) is 15.7 Å². The first-order chi connectivity index (χ1) is 8.00. The maximum atomic E-state index is 11.9. The summed E-state index contributed by atoms with van der Waals surface area (Å²) in [7, 11) is -3.74. The quantitative estimate of drug-likeness (QED) is 0.922. The topological polar surface area (TPSA) is 85.1 Å². The van der Waals surface area contributed by atoms with Gasteiger partial charge in [-0.2, -0.15) is 0 Å². The van der Waals surface area contributed by atoms with Crippen molar-refractivity contribution in [3.8, 4) is 0 Å². The number of aryl methyl sites for hydroxylation is 1. The second-order valence-electron chi connectivity index (χ2n) is 3.20. The molecule has 0 aromatic carbocycles. The van der Waals surface area contributed by atoms with E-state index in [0.29, 0.717) is 5.76 Å². The molecule has 0 atom stereocenters. The zero-order chi connectivity index (χ0) is 12.5. The maximum absolute atomic E-state index is 11.9. The lowest BCUT2D eigenvalue weighted by Crippen LogP contribution is -2.13. The van der Waals surface area contributed by atoms with E-state index in [4.69, 9.17) is 16.1 Å². The van der Waals surface area contributed by atoms with Gasteiger partial charge in [-0.15, -0.1) is 0 Å². The van der Waals surface area contributed by atoms with Gasteiger partial charge in [0.15, 0.2) is 5.76 Å². The highest BCUT2D eigenvalue weighted by atomic mass is 35.5. The summed E-state index contributed by atoms with van der Waals surface area (Å²) in [6, 6.07) is 2.93. The van der Waals surface area contributed by atoms with Crippen LogP contribution in [0.4, 0.5) is 5.82 Å². The number of hydrogen-bond donors (Lipinski definition) is 1. The minimum absolute atomic E-state index is 0.0247. The first kappa shape index (κ1) is 11.9. The first-order valence-electron chi connectivity index (χ1n) is 4.55. The lowest BCUT2D eigenvalue weighted by atomic mass is 10.5. The summed E-state index contributed by atoms with van der Waals surface area (Å²) < 4.78 is 30.7. The van der Waals surface area contributed by atoms with Gasteiger partial charge in [-0.1, -0.05) is 16.8 Å². The third-order valence-corrected chi connectivity index (χ3v) is 3.74. The van der Waals surface area contributed by atoms with Crippen molar-refractivity contribution in [2.24, 2.45) is 0 Å². The number of aromatic nitrogens is 2. The number of anilines is 1. The van der Waals surface area contributed by atoms with Crippen molar-refractivity contribution in [2.45, 2.75) is 11.8 Å². The Labute approximate surface area is 103 Å². The number of halogens is 1. The van der Waals surface area contributed by atoms with Gasteiger partial charge in [0.1, 0.15) is 9.92 Å². The smallest absolute Gasteiger partial charge is 0.264 e. The molecule has 0 bridgehead atoms. The molecule has 0 amide bonds. The van der Waals surface area contributed by atoms with Gasteiger partial charge in [0.25, 0.3) is 10.0 Å². The third kappa shape index (κ3) is 2.40. The van der Waals surface area contributed by atoms with Crippen LogP contribution in [0.2, 0.25) is 5.02 Å². The molecule has 2 rings (SSSR count). The minimum atomic E-state index is -3.74. The minimum Gasteiger partial charge on any atom is -0.358 e. The Kier molecular flexibility index (Phi) is 3.03. The van der Waals surface area contributed by atoms with Crippen molar-refractivity contribution >= 4 is 27.4 Å². The molecule has 17 heavy (non-hydrogen) atoms. The summed E-state index contributed by atoms with van der Waals surface area (Å²) in [5.74, 6) is 0.309. The van der Waals surface area contributed by atoms with Crippen LogP contribution < -0.4 is 4.72 Å². The molecule has 2 aromatic rings. The summed E-state index contributed by atoms with van der Waals surface area (Å²) >= 11 is 5.80. The SMILES string of the molecule is Cc1onc(NS(=O)(=O)c2cccnc2)c1Cl. The highest BCUT2D eigenvalue weighted by molar-refractivity contribution is 7.92. The van der Waals surface area contributed by atoms with Crippen LogP contribution in [-0.2, 0) is 10.0 Å². The van der Waals surface area contributed by atoms with E-state index in [1.54, 1.807) is 6.92 Å². The van der Waals surface area contributed by atoms with Crippen molar-refractivity contribution in [3.63, 3.8) is 0 Å². The van der Waals surface area contributed by atoms with Crippen molar-refractivity contribution in [1.29, 1.82) is 0 Å². The summed E-state index contributed by atoms with van der Waals surface area (Å²) in [6.45, 7) is 1.58. The van der Waals surface area contributed by atoms with Crippen LogP contribution in [-0.4, -0.2) is 18.6 Å². The molecule has 0 unspecified atom stereocenters. The molecule has 90 valence electrons. The molecule has 8 heteroatoms. The Morgan fingerprint density at radius 1 is 1.47 bits per heavy atom. The number of hydrogen-bond acceptors (Lipinski definition) is 5. The normalized spacial score (nSPS) is 11.4. The third-order valence-electron chi connectivity index (χ3n) is 1.97. The van der Waals surface area contributed by atoms with Gasteiger partial charge in [-0.3, -0.25) is 9.71 Å². The van der Waals surface area contributed by atoms with Crippen molar-refractivity contribution in [2.75, 3.05) is 4.72 Å². The molecule has 2 aromatic heterocycles. The zero-order valence-electron chi connectivity index (χ0n) is 8.71. The molecular weight excluding hydrogens is 266 g/mol. The molecular formula is C9H8ClN3O3S. The van der Waals surface area contributed by atoms with Crippen LogP contribution in [0.15, 0.2) is 33.9 Å². The van der Waals surface area contributed by atoms with E-state index in [0.717, 1.165) is 0 Å². The molecule has 0 fully saturated rings. The number of nitrogens with one attached hydrogen (secondary N) is 1. The second-order valence-corrected chi connectivity index (χ2v) is 5.26. The van der Waals surface area contributed by atoms with Crippen LogP contribution in [0.25, 0.3) is 0 Å². The van der Waals surface area contributed by atoms with Crippen molar-refractivity contribution in [3.05, 3.63) is 35.3 Å². The lowest BCUT2D eigenvalue weighted by molar-refractivity contribution is 0.400. The Bertz CT molecular complexity index is 624. The van der Waals surface area contributed by atoms with Crippen LogP contribution in [0.5, 0.6) is 0 Å². The molecule has 0 radical (unpaired) electrons. The van der Waals surface area contributed by atoms with Crippen molar-refractivity contribution in [1.82, 2.24) is 10.1 Å². The standard InChI is InChI=1S/C9H8ClN3O3S/c1-6-8(10)9(12-16-6)13-17(14,15)7-3-2-4-11-5-7/h2-5H,1H3,(H,12,13). The van der Waals surface area contributed by atoms with E-state index in [2.05, 4.69) is 14.9 Å². The lowest BCUT2D eigenvalue weighted by Gasteiger charge is -2.04. The molecule has 0 aliphatic rings. The zero-order valence-corrected chi connectivity index (χ0v) is 10.3. The monoisotopic (exact) mass is 273 g/mol. The van der Waals surface area contributed by atoms with E-state index < -0.39 is 10.0 Å². The number of pyridine rings is 1. The summed E-state index contributed by atoms with van der Waals surface area (Å²) in [5, 5.41) is 3.64. The van der Waals surface area contributed by atoms with E-state index in [9.17, 15) is 8.42 Å². The van der Waals surface area contributed by atoms with Gasteiger partial charge >= 0.3 is 0 Å². The van der Waals surface area contributed by atoms with E-state index in [1.165, 1.54) is 24.5 Å². The van der Waals surface area contributed by atoms with E-state index in [1.807, 2.05) is 0 Å². The first-order valence-corrected chi connectivity index (χ1v) is 6.41. The van der Waals surface area contributed by atoms with Gasteiger partial charge in [0.2, 0.25) is 5.82 Å². The molecule has 0 aliphatic heterocycles. The van der Waals surface area contributed by atoms with E-state index >= 15 is 0 Å². The highest BCUT2D eigenvalue weighted by Gasteiger charge is 2.19. The van der Waals surface area contributed by atoms with Gasteiger partial charge < -0.3 is 4.52 Å². The largest absolute Gasteiger partial charge is 0.358 e. The fourth-order valence-corrected chi connectivity index (χ4v) is 2.26. The Morgan fingerprint density at radius 2 is 2.24 bits per heavy atom. The average molecular weight is 274 g/mol. The summed E-state index contributed by atoms with van der Waals surface area (Å²) in [5.41, 5.74) is 0. The highest BCUT2D eigenvalue weighted by Crippen LogP contribution is 2.26. The van der Waals surface area contributed by atoms with Gasteiger partial charge in [-0.05, 0) is 19.1 Å². The Balaban J connectivity index is 2.34. The summed E-state index contributed by atoms with van der Waals surface area (Å²) in [6.07, 6.45) is 2.70. The Morgan fingerprint density at radius 3 is 2.76 bits per heavy atom. The number of sulfonamides is 1. The predicted molar refractivity (Wildman–Crippen MR) is 61.3 cm³/mol. The fraction of sp³-hybridized carbons (Fsp3) is 0.111. The van der Waals surface area contributed by atoms with Crippen LogP contribution in [0, 0.1) is 6.92 Å². The molecule has 6 nitrogen and oxygen atoms in total. The predicted octanol–water partition coefficient (Wildman–Crippen LogP) is 1.83. The van der Waals surface area contributed by atoms with Crippen LogP contribution >= 0.6 is 11.6 Å². The van der Waals surface area contributed by atoms with Gasteiger partial charge in [0.05, 0.1) is 0 Å². The van der Waals surface area contributed by atoms with Crippen LogP contribution in [0.3, 0.4) is 0 Å². The number of nitrogens with zero attached hydrogens (tertiary/aromatic N) is 2. The van der Waals surface area contributed by atoms with Gasteiger partial charge in [-0.25, -0.2) is 8.42 Å². The van der Waals surface area contributed by atoms with Gasteiger partial charge in [0, 0.05) is 12.4 Å². The molecule has 2 heterocycles. The second kappa shape index (κ2) is 4.34. The number of rotatable bonds is 3. The molecule has 1 N–H and O–H groups in total. The summed E-state index contributed by atoms with van der Waals surface area (Å²) in [4.78, 5) is 3.75. The maximum Gasteiger partial charge on any atom is 0.264 e. The molecule has 0 spiro atoms. The molecule has 0 saturated carbocycles.